The summed E-state index contributed by atoms with van der Waals surface area (Å²) in [4.78, 5) is 26.8. The number of carbonyl (C=O) groups is 2. The average molecular weight is 389 g/mol. The molecule has 6 nitrogen and oxygen atoms in total. The molecule has 0 atom stereocenters. The molecule has 0 spiro atoms. The third kappa shape index (κ3) is 2.99. The van der Waals surface area contributed by atoms with Crippen molar-refractivity contribution in [2.45, 2.75) is 0 Å². The predicted molar refractivity (Wildman–Crippen MR) is 109 cm³/mol. The van der Waals surface area contributed by atoms with Gasteiger partial charge < -0.3 is 14.2 Å². The molecule has 146 valence electrons. The first-order chi connectivity index (χ1) is 14.1. The largest absolute Gasteiger partial charge is 0.493 e. The fraction of sp³-hybridized carbons (Fsp3) is 0.130. The summed E-state index contributed by atoms with van der Waals surface area (Å²) in [7, 11) is 4.65. The summed E-state index contributed by atoms with van der Waals surface area (Å²) in [5.41, 5.74) is 2.94. The zero-order valence-corrected chi connectivity index (χ0v) is 16.3. The van der Waals surface area contributed by atoms with Crippen LogP contribution in [0.15, 0.2) is 60.7 Å². The number of rotatable bonds is 5. The summed E-state index contributed by atoms with van der Waals surface area (Å²) in [6.07, 6.45) is 0. The Bertz CT molecular complexity index is 1060. The summed E-state index contributed by atoms with van der Waals surface area (Å²) < 4.78 is 16.2. The van der Waals surface area contributed by atoms with Crippen molar-refractivity contribution in [1.29, 1.82) is 0 Å². The second-order valence-corrected chi connectivity index (χ2v) is 6.46. The normalized spacial score (nSPS) is 12.7. The van der Waals surface area contributed by atoms with E-state index in [0.717, 1.165) is 11.1 Å². The molecule has 1 aliphatic heterocycles. The fourth-order valence-corrected chi connectivity index (χ4v) is 3.50. The summed E-state index contributed by atoms with van der Waals surface area (Å²) >= 11 is 0. The van der Waals surface area contributed by atoms with Crippen molar-refractivity contribution in [2.75, 3.05) is 26.2 Å². The Hall–Kier alpha value is -3.80. The highest BCUT2D eigenvalue weighted by Crippen LogP contribution is 2.42. The Morgan fingerprint density at radius 3 is 1.76 bits per heavy atom. The predicted octanol–water partition coefficient (Wildman–Crippen LogP) is 4.18. The molecular weight excluding hydrogens is 370 g/mol. The lowest BCUT2D eigenvalue weighted by molar-refractivity contribution is 0.0926. The molecule has 0 saturated heterocycles. The van der Waals surface area contributed by atoms with E-state index in [1.54, 1.807) is 63.8 Å². The van der Waals surface area contributed by atoms with Crippen molar-refractivity contribution < 1.29 is 23.8 Å². The molecular formula is C23H19NO5. The number of methoxy groups -OCH3 is 3. The Kier molecular flexibility index (Phi) is 4.68. The number of amides is 2. The molecule has 4 rings (SSSR count). The van der Waals surface area contributed by atoms with E-state index in [-0.39, 0.29) is 11.8 Å². The molecule has 1 heterocycles. The molecule has 0 aliphatic carbocycles. The van der Waals surface area contributed by atoms with E-state index in [1.165, 1.54) is 4.90 Å². The van der Waals surface area contributed by atoms with Crippen LogP contribution in [0.1, 0.15) is 20.7 Å². The quantitative estimate of drug-likeness (QED) is 0.613. The van der Waals surface area contributed by atoms with Gasteiger partial charge >= 0.3 is 0 Å². The Morgan fingerprint density at radius 2 is 1.24 bits per heavy atom. The Labute approximate surface area is 168 Å². The Morgan fingerprint density at radius 1 is 0.655 bits per heavy atom. The van der Waals surface area contributed by atoms with Crippen molar-refractivity contribution in [3.05, 3.63) is 71.8 Å². The standard InChI is InChI=1S/C23H19NO5/c1-27-19-12-15(13-20(28-2)21(19)29-3)14-7-6-8-16(11-14)24-22(25)17-9-4-5-10-18(17)23(24)26/h4-13H,1-3H3. The smallest absolute Gasteiger partial charge is 0.266 e. The minimum atomic E-state index is -0.326. The molecule has 29 heavy (non-hydrogen) atoms. The summed E-state index contributed by atoms with van der Waals surface area (Å²) in [6.45, 7) is 0. The van der Waals surface area contributed by atoms with Gasteiger partial charge in [-0.25, -0.2) is 4.90 Å². The highest BCUT2D eigenvalue weighted by Gasteiger charge is 2.36. The van der Waals surface area contributed by atoms with Gasteiger partial charge in [0.2, 0.25) is 5.75 Å². The highest BCUT2D eigenvalue weighted by molar-refractivity contribution is 6.34. The number of anilines is 1. The number of imide groups is 1. The lowest BCUT2D eigenvalue weighted by Crippen LogP contribution is -2.29. The van der Waals surface area contributed by atoms with E-state index < -0.39 is 0 Å². The summed E-state index contributed by atoms with van der Waals surface area (Å²) in [5, 5.41) is 0. The first-order valence-corrected chi connectivity index (χ1v) is 8.97. The van der Waals surface area contributed by atoms with Crippen molar-refractivity contribution in [2.24, 2.45) is 0 Å². The molecule has 3 aromatic rings. The number of fused-ring (bicyclic) bond motifs is 1. The molecule has 3 aromatic carbocycles. The SMILES string of the molecule is COc1cc(-c2cccc(N3C(=O)c4ccccc4C3=O)c2)cc(OC)c1OC. The highest BCUT2D eigenvalue weighted by atomic mass is 16.5. The van der Waals surface area contributed by atoms with Gasteiger partial charge in [-0.15, -0.1) is 0 Å². The van der Waals surface area contributed by atoms with E-state index in [0.29, 0.717) is 34.1 Å². The van der Waals surface area contributed by atoms with E-state index in [4.69, 9.17) is 14.2 Å². The summed E-state index contributed by atoms with van der Waals surface area (Å²) in [6, 6.07) is 17.7. The minimum absolute atomic E-state index is 0.326. The van der Waals surface area contributed by atoms with E-state index in [9.17, 15) is 9.59 Å². The van der Waals surface area contributed by atoms with Gasteiger partial charge in [0.15, 0.2) is 11.5 Å². The van der Waals surface area contributed by atoms with Crippen LogP contribution in [0.25, 0.3) is 11.1 Å². The van der Waals surface area contributed by atoms with Crippen LogP contribution in [0.3, 0.4) is 0 Å². The maximum atomic E-state index is 12.8. The molecule has 0 fully saturated rings. The second-order valence-electron chi connectivity index (χ2n) is 6.46. The maximum absolute atomic E-state index is 12.8. The topological polar surface area (TPSA) is 65.1 Å². The van der Waals surface area contributed by atoms with Gasteiger partial charge in [0.1, 0.15) is 0 Å². The molecule has 1 aliphatic rings. The van der Waals surface area contributed by atoms with Crippen molar-refractivity contribution >= 4 is 17.5 Å². The number of hydrogen-bond donors (Lipinski definition) is 0. The van der Waals surface area contributed by atoms with Gasteiger partial charge in [0.05, 0.1) is 38.1 Å². The van der Waals surface area contributed by atoms with Crippen LogP contribution < -0.4 is 19.1 Å². The molecule has 0 radical (unpaired) electrons. The van der Waals surface area contributed by atoms with Gasteiger partial charge in [-0.3, -0.25) is 9.59 Å². The van der Waals surface area contributed by atoms with Crippen LogP contribution >= 0.6 is 0 Å². The van der Waals surface area contributed by atoms with E-state index in [2.05, 4.69) is 0 Å². The number of ether oxygens (including phenoxy) is 3. The molecule has 0 aromatic heterocycles. The third-order valence-electron chi connectivity index (χ3n) is 4.90. The fourth-order valence-electron chi connectivity index (χ4n) is 3.50. The molecule has 0 bridgehead atoms. The van der Waals surface area contributed by atoms with Gasteiger partial charge in [-0.05, 0) is 47.5 Å². The maximum Gasteiger partial charge on any atom is 0.266 e. The van der Waals surface area contributed by atoms with Crippen molar-refractivity contribution in [3.63, 3.8) is 0 Å². The van der Waals surface area contributed by atoms with Crippen molar-refractivity contribution in [1.82, 2.24) is 0 Å². The zero-order chi connectivity index (χ0) is 20.5. The second kappa shape index (κ2) is 7.31. The van der Waals surface area contributed by atoms with Gasteiger partial charge in [0, 0.05) is 0 Å². The van der Waals surface area contributed by atoms with Gasteiger partial charge in [-0.2, -0.15) is 0 Å². The first-order valence-electron chi connectivity index (χ1n) is 8.97. The lowest BCUT2D eigenvalue weighted by Gasteiger charge is -2.17. The number of hydrogen-bond acceptors (Lipinski definition) is 5. The molecule has 0 unspecified atom stereocenters. The number of carbonyl (C=O) groups excluding carboxylic acids is 2. The van der Waals surface area contributed by atoms with Gasteiger partial charge in [0.25, 0.3) is 11.8 Å². The van der Waals surface area contributed by atoms with Crippen LogP contribution in [0.2, 0.25) is 0 Å². The van der Waals surface area contributed by atoms with E-state index >= 15 is 0 Å². The average Bonchev–Trinajstić information content (AvgIpc) is 3.03. The molecule has 0 saturated carbocycles. The monoisotopic (exact) mass is 389 g/mol. The zero-order valence-electron chi connectivity index (χ0n) is 16.3. The van der Waals surface area contributed by atoms with Gasteiger partial charge in [-0.1, -0.05) is 24.3 Å². The minimum Gasteiger partial charge on any atom is -0.493 e. The number of nitrogens with zero attached hydrogens (tertiary/aromatic N) is 1. The van der Waals surface area contributed by atoms with Crippen molar-refractivity contribution in [3.8, 4) is 28.4 Å². The lowest BCUT2D eigenvalue weighted by atomic mass is 10.0. The molecule has 2 amide bonds. The van der Waals surface area contributed by atoms with Crippen LogP contribution in [0.4, 0.5) is 5.69 Å². The van der Waals surface area contributed by atoms with Crippen LogP contribution in [0, 0.1) is 0 Å². The third-order valence-corrected chi connectivity index (χ3v) is 4.90. The van der Waals surface area contributed by atoms with Crippen LogP contribution in [-0.2, 0) is 0 Å². The Balaban J connectivity index is 1.78. The first kappa shape index (κ1) is 18.6. The van der Waals surface area contributed by atoms with Crippen LogP contribution in [-0.4, -0.2) is 33.1 Å². The van der Waals surface area contributed by atoms with Crippen LogP contribution in [0.5, 0.6) is 17.2 Å². The van der Waals surface area contributed by atoms with E-state index in [1.807, 2.05) is 18.2 Å². The summed E-state index contributed by atoms with van der Waals surface area (Å²) in [5.74, 6) is 0.886. The molecule has 0 N–H and O–H groups in total. The number of benzene rings is 3. The molecule has 6 heteroatoms.